The molecule has 0 aliphatic carbocycles. The first-order chi connectivity index (χ1) is 10.8. The fraction of sp³-hybridized carbons (Fsp3) is 0.588. The van der Waals surface area contributed by atoms with Crippen LogP contribution in [0.4, 0.5) is 0 Å². The number of hydrogen-bond acceptors (Lipinski definition) is 4. The van der Waals surface area contributed by atoms with Crippen molar-refractivity contribution in [2.45, 2.75) is 19.3 Å². The topological polar surface area (TPSA) is 59.6 Å². The number of piperidine rings is 1. The van der Waals surface area contributed by atoms with Crippen LogP contribution in [-0.2, 0) is 4.74 Å². The van der Waals surface area contributed by atoms with Crippen LogP contribution in [0.1, 0.15) is 29.6 Å². The lowest BCUT2D eigenvalue weighted by atomic mass is 9.96. The Morgan fingerprint density at radius 1 is 1.30 bits per heavy atom. The Morgan fingerprint density at radius 2 is 2.09 bits per heavy atom. The number of methoxy groups -OCH3 is 1. The SMILES string of the molecule is COCCOc1ccc(C(=O)NCCC2CCCNC2)cc1.Cl. The number of hydrogen-bond donors (Lipinski definition) is 2. The lowest BCUT2D eigenvalue weighted by Gasteiger charge is -2.22. The van der Waals surface area contributed by atoms with E-state index < -0.39 is 0 Å². The second-order valence-corrected chi connectivity index (χ2v) is 5.62. The van der Waals surface area contributed by atoms with Crippen molar-refractivity contribution in [3.63, 3.8) is 0 Å². The van der Waals surface area contributed by atoms with E-state index in [2.05, 4.69) is 10.6 Å². The van der Waals surface area contributed by atoms with E-state index in [0.717, 1.165) is 31.8 Å². The Bertz CT molecular complexity index is 448. The molecule has 2 rings (SSSR count). The van der Waals surface area contributed by atoms with Gasteiger partial charge < -0.3 is 20.1 Å². The van der Waals surface area contributed by atoms with E-state index in [1.165, 1.54) is 12.8 Å². The summed E-state index contributed by atoms with van der Waals surface area (Å²) in [6.45, 7) is 4.00. The molecule has 0 radical (unpaired) electrons. The summed E-state index contributed by atoms with van der Waals surface area (Å²) in [5.41, 5.74) is 0.667. The summed E-state index contributed by atoms with van der Waals surface area (Å²) in [5.74, 6) is 1.42. The highest BCUT2D eigenvalue weighted by Gasteiger charge is 2.13. The molecule has 23 heavy (non-hydrogen) atoms. The first kappa shape index (κ1) is 19.7. The molecule has 1 unspecified atom stereocenters. The van der Waals surface area contributed by atoms with E-state index >= 15 is 0 Å². The van der Waals surface area contributed by atoms with Crippen LogP contribution < -0.4 is 15.4 Å². The number of benzene rings is 1. The van der Waals surface area contributed by atoms with Crippen molar-refractivity contribution in [1.29, 1.82) is 0 Å². The minimum Gasteiger partial charge on any atom is -0.491 e. The summed E-state index contributed by atoms with van der Waals surface area (Å²) in [7, 11) is 1.64. The molecule has 1 aliphatic rings. The van der Waals surface area contributed by atoms with Crippen molar-refractivity contribution in [3.05, 3.63) is 29.8 Å². The lowest BCUT2D eigenvalue weighted by molar-refractivity contribution is 0.0950. The lowest BCUT2D eigenvalue weighted by Crippen LogP contribution is -2.33. The van der Waals surface area contributed by atoms with Crippen molar-refractivity contribution in [2.75, 3.05) is 40.0 Å². The maximum Gasteiger partial charge on any atom is 0.251 e. The molecule has 1 saturated heterocycles. The summed E-state index contributed by atoms with van der Waals surface area (Å²) in [6.07, 6.45) is 3.54. The van der Waals surface area contributed by atoms with E-state index in [1.807, 2.05) is 12.1 Å². The van der Waals surface area contributed by atoms with Crippen molar-refractivity contribution in [1.82, 2.24) is 10.6 Å². The van der Waals surface area contributed by atoms with Crippen molar-refractivity contribution in [2.24, 2.45) is 5.92 Å². The number of carbonyl (C=O) groups is 1. The number of nitrogens with one attached hydrogen (secondary N) is 2. The monoisotopic (exact) mass is 342 g/mol. The van der Waals surface area contributed by atoms with Crippen molar-refractivity contribution >= 4 is 18.3 Å². The summed E-state index contributed by atoms with van der Waals surface area (Å²) in [6, 6.07) is 7.21. The predicted octanol–water partition coefficient (Wildman–Crippen LogP) is 2.25. The van der Waals surface area contributed by atoms with E-state index in [4.69, 9.17) is 9.47 Å². The molecule has 130 valence electrons. The summed E-state index contributed by atoms with van der Waals surface area (Å²) >= 11 is 0. The first-order valence-electron chi connectivity index (χ1n) is 8.00. The van der Waals surface area contributed by atoms with E-state index in [1.54, 1.807) is 19.2 Å². The van der Waals surface area contributed by atoms with Gasteiger partial charge in [0.2, 0.25) is 0 Å². The normalized spacial score (nSPS) is 17.2. The molecule has 1 amide bonds. The van der Waals surface area contributed by atoms with Crippen molar-refractivity contribution < 1.29 is 14.3 Å². The summed E-state index contributed by atoms with van der Waals surface area (Å²) < 4.78 is 10.4. The Labute approximate surface area is 144 Å². The first-order valence-corrected chi connectivity index (χ1v) is 8.00. The molecule has 5 nitrogen and oxygen atoms in total. The van der Waals surface area contributed by atoms with Crippen LogP contribution in [0, 0.1) is 5.92 Å². The molecule has 1 atom stereocenters. The van der Waals surface area contributed by atoms with Crippen LogP contribution in [0.3, 0.4) is 0 Å². The van der Waals surface area contributed by atoms with E-state index in [0.29, 0.717) is 24.7 Å². The largest absolute Gasteiger partial charge is 0.491 e. The molecule has 0 aromatic heterocycles. The zero-order chi connectivity index (χ0) is 15.6. The minimum atomic E-state index is -0.0211. The van der Waals surface area contributed by atoms with Gasteiger partial charge in [-0.05, 0) is 62.5 Å². The molecular formula is C17H27ClN2O3. The van der Waals surface area contributed by atoms with Gasteiger partial charge in [-0.25, -0.2) is 0 Å². The Balaban J connectivity index is 0.00000264. The molecule has 0 spiro atoms. The number of carbonyl (C=O) groups excluding carboxylic acids is 1. The molecular weight excluding hydrogens is 316 g/mol. The van der Waals surface area contributed by atoms with Crippen molar-refractivity contribution in [3.8, 4) is 5.75 Å². The quantitative estimate of drug-likeness (QED) is 0.711. The molecule has 0 saturated carbocycles. The Kier molecular flexibility index (Phi) is 9.67. The predicted molar refractivity (Wildman–Crippen MR) is 93.6 cm³/mol. The highest BCUT2D eigenvalue weighted by Crippen LogP contribution is 2.14. The van der Waals surface area contributed by atoms with Gasteiger partial charge in [-0.2, -0.15) is 0 Å². The molecule has 1 fully saturated rings. The van der Waals surface area contributed by atoms with Gasteiger partial charge in [-0.3, -0.25) is 4.79 Å². The van der Waals surface area contributed by atoms with Gasteiger partial charge in [0.1, 0.15) is 12.4 Å². The van der Waals surface area contributed by atoms with Gasteiger partial charge >= 0.3 is 0 Å². The van der Waals surface area contributed by atoms with Crippen LogP contribution in [-0.4, -0.2) is 45.9 Å². The van der Waals surface area contributed by atoms with Crippen LogP contribution in [0.15, 0.2) is 24.3 Å². The highest BCUT2D eigenvalue weighted by molar-refractivity contribution is 5.94. The second-order valence-electron chi connectivity index (χ2n) is 5.62. The molecule has 1 heterocycles. The Morgan fingerprint density at radius 3 is 2.74 bits per heavy atom. The van der Waals surface area contributed by atoms with Gasteiger partial charge in [-0.15, -0.1) is 12.4 Å². The molecule has 6 heteroatoms. The Hall–Kier alpha value is -1.30. The molecule has 1 aromatic carbocycles. The van der Waals surface area contributed by atoms with Gasteiger partial charge in [0.15, 0.2) is 0 Å². The standard InChI is InChI=1S/C17H26N2O3.ClH/c1-21-11-12-22-16-6-4-15(5-7-16)17(20)19-10-8-14-3-2-9-18-13-14;/h4-7,14,18H,2-3,8-13H2,1H3,(H,19,20);1H. The van der Waals surface area contributed by atoms with Gasteiger partial charge in [0.05, 0.1) is 6.61 Å². The van der Waals surface area contributed by atoms with E-state index in [9.17, 15) is 4.79 Å². The van der Waals surface area contributed by atoms with Crippen LogP contribution >= 0.6 is 12.4 Å². The summed E-state index contributed by atoms with van der Waals surface area (Å²) in [5, 5.41) is 6.39. The fourth-order valence-corrected chi connectivity index (χ4v) is 2.61. The number of amides is 1. The zero-order valence-corrected chi connectivity index (χ0v) is 14.5. The van der Waals surface area contributed by atoms with E-state index in [-0.39, 0.29) is 18.3 Å². The number of ether oxygens (including phenoxy) is 2. The van der Waals surface area contributed by atoms with Crippen LogP contribution in [0.25, 0.3) is 0 Å². The minimum absolute atomic E-state index is 0. The number of halogens is 1. The average Bonchev–Trinajstić information content (AvgIpc) is 2.56. The third-order valence-corrected chi connectivity index (χ3v) is 3.91. The van der Waals surface area contributed by atoms with Gasteiger partial charge in [0, 0.05) is 19.2 Å². The maximum atomic E-state index is 12.1. The third kappa shape index (κ3) is 7.20. The third-order valence-electron chi connectivity index (χ3n) is 3.91. The molecule has 0 bridgehead atoms. The molecule has 2 N–H and O–H groups in total. The number of rotatable bonds is 8. The molecule has 1 aliphatic heterocycles. The molecule has 1 aromatic rings. The second kappa shape index (κ2) is 11.3. The van der Waals surface area contributed by atoms with Crippen LogP contribution in [0.5, 0.6) is 5.75 Å². The summed E-state index contributed by atoms with van der Waals surface area (Å²) in [4.78, 5) is 12.1. The van der Waals surface area contributed by atoms with Gasteiger partial charge in [0.25, 0.3) is 5.91 Å². The fourth-order valence-electron chi connectivity index (χ4n) is 2.61. The smallest absolute Gasteiger partial charge is 0.251 e. The van der Waals surface area contributed by atoms with Gasteiger partial charge in [-0.1, -0.05) is 0 Å². The highest BCUT2D eigenvalue weighted by atomic mass is 35.5. The zero-order valence-electron chi connectivity index (χ0n) is 13.7. The average molecular weight is 343 g/mol. The maximum absolute atomic E-state index is 12.1. The van der Waals surface area contributed by atoms with Crippen LogP contribution in [0.2, 0.25) is 0 Å².